The monoisotopic (exact) mass is 297 g/mol. The van der Waals surface area contributed by atoms with Crippen molar-refractivity contribution < 1.29 is 14.3 Å². The molecule has 1 aliphatic heterocycles. The van der Waals surface area contributed by atoms with Gasteiger partial charge in [-0.3, -0.25) is 4.79 Å². The van der Waals surface area contributed by atoms with Gasteiger partial charge in [0.15, 0.2) is 11.5 Å². The van der Waals surface area contributed by atoms with Crippen LogP contribution in [0.4, 0.5) is 5.69 Å². The Balaban J connectivity index is 1.71. The fraction of sp³-hybridized carbons (Fsp3) is 0.125. The van der Waals surface area contributed by atoms with Gasteiger partial charge in [0, 0.05) is 11.3 Å². The summed E-state index contributed by atoms with van der Waals surface area (Å²) in [7, 11) is 0. The molecule has 0 aliphatic carbocycles. The van der Waals surface area contributed by atoms with E-state index in [9.17, 15) is 4.79 Å². The van der Waals surface area contributed by atoms with Gasteiger partial charge in [-0.25, -0.2) is 5.43 Å². The van der Waals surface area contributed by atoms with E-state index >= 15 is 0 Å². The zero-order valence-electron chi connectivity index (χ0n) is 12.0. The first-order valence-corrected chi connectivity index (χ1v) is 6.74. The Kier molecular flexibility index (Phi) is 3.65. The summed E-state index contributed by atoms with van der Waals surface area (Å²) in [4.78, 5) is 12.1. The second kappa shape index (κ2) is 5.77. The average molecular weight is 297 g/mol. The van der Waals surface area contributed by atoms with E-state index in [-0.39, 0.29) is 12.7 Å². The molecular weight excluding hydrogens is 282 g/mol. The van der Waals surface area contributed by atoms with Gasteiger partial charge >= 0.3 is 0 Å². The summed E-state index contributed by atoms with van der Waals surface area (Å²) in [5.74, 6) is 0.887. The summed E-state index contributed by atoms with van der Waals surface area (Å²) >= 11 is 0. The molecule has 6 heteroatoms. The maximum absolute atomic E-state index is 12.1. The minimum Gasteiger partial charge on any atom is -0.454 e. The number of hydrazone groups is 1. The number of carbonyl (C=O) groups excluding carboxylic acids is 1. The fourth-order valence-corrected chi connectivity index (χ4v) is 2.03. The predicted molar refractivity (Wildman–Crippen MR) is 83.1 cm³/mol. The minimum atomic E-state index is -0.312. The molecule has 22 heavy (non-hydrogen) atoms. The van der Waals surface area contributed by atoms with Crippen LogP contribution in [-0.4, -0.2) is 18.4 Å². The molecule has 6 nitrogen and oxygen atoms in total. The van der Waals surface area contributed by atoms with Crippen LogP contribution in [0.1, 0.15) is 22.8 Å². The lowest BCUT2D eigenvalue weighted by Crippen LogP contribution is -2.19. The normalized spacial score (nSPS) is 13.0. The number of nitrogens with zero attached hydrogens (tertiary/aromatic N) is 1. The number of nitrogens with two attached hydrogens (primary N) is 1. The summed E-state index contributed by atoms with van der Waals surface area (Å²) < 4.78 is 10.5. The van der Waals surface area contributed by atoms with E-state index in [2.05, 4.69) is 10.5 Å². The molecule has 0 fully saturated rings. The number of nitrogens with one attached hydrogen (secondary N) is 1. The third kappa shape index (κ3) is 2.85. The van der Waals surface area contributed by atoms with Crippen LogP contribution in [0, 0.1) is 0 Å². The molecule has 1 aliphatic rings. The average Bonchev–Trinajstić information content (AvgIpc) is 3.00. The predicted octanol–water partition coefficient (Wildman–Crippen LogP) is 2.15. The van der Waals surface area contributed by atoms with Crippen molar-refractivity contribution in [1.29, 1.82) is 0 Å². The van der Waals surface area contributed by atoms with Gasteiger partial charge in [-0.2, -0.15) is 5.10 Å². The van der Waals surface area contributed by atoms with Crippen molar-refractivity contribution in [3.8, 4) is 11.5 Å². The van der Waals surface area contributed by atoms with Crippen molar-refractivity contribution in [3.05, 3.63) is 53.6 Å². The molecule has 0 unspecified atom stereocenters. The number of nitrogen functional groups attached to an aromatic ring is 1. The SMILES string of the molecule is C/C(=N\NC(=O)c1ccc2c(c1)OCO2)c1ccc(N)cc1. The topological polar surface area (TPSA) is 85.9 Å². The van der Waals surface area contributed by atoms with Crippen molar-refractivity contribution in [3.63, 3.8) is 0 Å². The van der Waals surface area contributed by atoms with Crippen LogP contribution in [0.2, 0.25) is 0 Å². The number of benzene rings is 2. The van der Waals surface area contributed by atoms with Crippen molar-refractivity contribution >= 4 is 17.3 Å². The van der Waals surface area contributed by atoms with Crippen LogP contribution in [0.15, 0.2) is 47.6 Å². The van der Waals surface area contributed by atoms with Gasteiger partial charge in [0.05, 0.1) is 5.71 Å². The van der Waals surface area contributed by atoms with E-state index in [0.717, 1.165) is 5.56 Å². The summed E-state index contributed by atoms with van der Waals surface area (Å²) in [6.07, 6.45) is 0. The molecule has 3 rings (SSSR count). The molecule has 2 aromatic rings. The quantitative estimate of drug-likeness (QED) is 0.516. The van der Waals surface area contributed by atoms with Gasteiger partial charge in [-0.05, 0) is 42.8 Å². The Bertz CT molecular complexity index is 739. The van der Waals surface area contributed by atoms with Gasteiger partial charge in [-0.15, -0.1) is 0 Å². The molecule has 0 bridgehead atoms. The zero-order valence-corrected chi connectivity index (χ0v) is 12.0. The highest BCUT2D eigenvalue weighted by atomic mass is 16.7. The maximum atomic E-state index is 12.1. The Labute approximate surface area is 127 Å². The molecule has 0 saturated heterocycles. The third-order valence-electron chi connectivity index (χ3n) is 3.29. The molecule has 3 N–H and O–H groups in total. The lowest BCUT2D eigenvalue weighted by molar-refractivity contribution is 0.0954. The summed E-state index contributed by atoms with van der Waals surface area (Å²) in [6, 6.07) is 12.3. The van der Waals surface area contributed by atoms with E-state index in [1.54, 1.807) is 30.3 Å². The molecule has 0 saturated carbocycles. The molecule has 1 amide bonds. The number of ether oxygens (including phenoxy) is 2. The standard InChI is InChI=1S/C16H15N3O3/c1-10(11-2-5-13(17)6-3-11)18-19-16(20)12-4-7-14-15(8-12)22-9-21-14/h2-8H,9,17H2,1H3,(H,19,20)/b18-10+. The Morgan fingerprint density at radius 3 is 2.55 bits per heavy atom. The minimum absolute atomic E-state index is 0.175. The molecule has 0 atom stereocenters. The Morgan fingerprint density at radius 1 is 1.09 bits per heavy atom. The van der Waals surface area contributed by atoms with Crippen LogP contribution in [-0.2, 0) is 0 Å². The van der Waals surface area contributed by atoms with Crippen molar-refractivity contribution in [2.24, 2.45) is 5.10 Å². The van der Waals surface area contributed by atoms with Gasteiger partial charge < -0.3 is 15.2 Å². The van der Waals surface area contributed by atoms with Gasteiger partial charge in [0.25, 0.3) is 5.91 Å². The van der Waals surface area contributed by atoms with E-state index in [1.165, 1.54) is 0 Å². The first kappa shape index (κ1) is 13.9. The van der Waals surface area contributed by atoms with E-state index in [4.69, 9.17) is 15.2 Å². The molecule has 0 aromatic heterocycles. The second-order valence-corrected chi connectivity index (χ2v) is 4.83. The van der Waals surface area contributed by atoms with Gasteiger partial charge in [-0.1, -0.05) is 12.1 Å². The Morgan fingerprint density at radius 2 is 1.77 bits per heavy atom. The van der Waals surface area contributed by atoms with Crippen molar-refractivity contribution in [2.45, 2.75) is 6.92 Å². The van der Waals surface area contributed by atoms with Crippen molar-refractivity contribution in [1.82, 2.24) is 5.43 Å². The first-order valence-electron chi connectivity index (χ1n) is 6.74. The van der Waals surface area contributed by atoms with Crippen LogP contribution in [0.25, 0.3) is 0 Å². The fourth-order valence-electron chi connectivity index (χ4n) is 2.03. The second-order valence-electron chi connectivity index (χ2n) is 4.83. The number of rotatable bonds is 3. The summed E-state index contributed by atoms with van der Waals surface area (Å²) in [6.45, 7) is 1.99. The number of hydrogen-bond acceptors (Lipinski definition) is 5. The van der Waals surface area contributed by atoms with E-state index in [0.29, 0.717) is 28.5 Å². The van der Waals surface area contributed by atoms with Crippen molar-refractivity contribution in [2.75, 3.05) is 12.5 Å². The summed E-state index contributed by atoms with van der Waals surface area (Å²) in [5, 5.41) is 4.10. The Hall–Kier alpha value is -3.02. The van der Waals surface area contributed by atoms with Gasteiger partial charge in [0.2, 0.25) is 6.79 Å². The van der Waals surface area contributed by atoms with Crippen LogP contribution in [0.5, 0.6) is 11.5 Å². The van der Waals surface area contributed by atoms with Crippen LogP contribution >= 0.6 is 0 Å². The number of hydrogen-bond donors (Lipinski definition) is 2. The summed E-state index contributed by atoms with van der Waals surface area (Å²) in [5.41, 5.74) is 10.9. The molecule has 112 valence electrons. The highest BCUT2D eigenvalue weighted by Gasteiger charge is 2.16. The molecule has 0 radical (unpaired) electrons. The molecular formula is C16H15N3O3. The zero-order chi connectivity index (χ0) is 15.5. The largest absolute Gasteiger partial charge is 0.454 e. The lowest BCUT2D eigenvalue weighted by atomic mass is 10.1. The van der Waals surface area contributed by atoms with Gasteiger partial charge in [0.1, 0.15) is 0 Å². The molecule has 1 heterocycles. The number of carbonyl (C=O) groups is 1. The number of amides is 1. The highest BCUT2D eigenvalue weighted by Crippen LogP contribution is 2.32. The van der Waals surface area contributed by atoms with E-state index < -0.39 is 0 Å². The smallest absolute Gasteiger partial charge is 0.271 e. The first-order chi connectivity index (χ1) is 10.6. The maximum Gasteiger partial charge on any atom is 0.271 e. The third-order valence-corrected chi connectivity index (χ3v) is 3.29. The van der Waals surface area contributed by atoms with E-state index in [1.807, 2.05) is 19.1 Å². The molecule has 2 aromatic carbocycles. The lowest BCUT2D eigenvalue weighted by Gasteiger charge is -2.04. The molecule has 0 spiro atoms. The van der Waals surface area contributed by atoms with Crippen LogP contribution in [0.3, 0.4) is 0 Å². The van der Waals surface area contributed by atoms with Crippen LogP contribution < -0.4 is 20.6 Å². The highest BCUT2D eigenvalue weighted by molar-refractivity contribution is 6.01. The number of fused-ring (bicyclic) bond motifs is 1. The number of anilines is 1.